The summed E-state index contributed by atoms with van der Waals surface area (Å²) in [4.78, 5) is 39.6. The molecule has 4 heterocycles. The zero-order valence-electron chi connectivity index (χ0n) is 12.2. The first-order valence-corrected chi connectivity index (χ1v) is 7.28. The number of aromatic amines is 1. The summed E-state index contributed by atoms with van der Waals surface area (Å²) in [6.07, 6.45) is 1.60. The molecular weight excluding hydrogens is 284 g/mol. The van der Waals surface area contributed by atoms with Crippen LogP contribution in [0.25, 0.3) is 11.2 Å². The molecular formula is C14H16N6O2. The zero-order valence-corrected chi connectivity index (χ0v) is 12.2. The Hall–Kier alpha value is -2.64. The number of carbonyl (C=O) groups is 2. The Kier molecular flexibility index (Phi) is 2.78. The molecule has 114 valence electrons. The number of hydrogen-bond donors (Lipinski definition) is 2. The first-order chi connectivity index (χ1) is 10.6. The standard InChI is InChI=1S/C14H16N6O2/c1-8-17-11-10(2-3-15-12(11)18-8)13(21)19-4-5-20-9(7-19)6-16-14(20)22/h2-3,9H,4-7H2,1H3,(H,16,22)(H,15,17,18). The van der Waals surface area contributed by atoms with Crippen LogP contribution in [0.3, 0.4) is 0 Å². The molecule has 2 aromatic rings. The Morgan fingerprint density at radius 1 is 1.41 bits per heavy atom. The number of carbonyl (C=O) groups excluding carboxylic acids is 2. The van der Waals surface area contributed by atoms with Crippen LogP contribution in [0.2, 0.25) is 0 Å². The molecule has 2 fully saturated rings. The fourth-order valence-electron chi connectivity index (χ4n) is 3.16. The summed E-state index contributed by atoms with van der Waals surface area (Å²) in [7, 11) is 0. The molecule has 3 amide bonds. The molecule has 8 nitrogen and oxygen atoms in total. The lowest BCUT2D eigenvalue weighted by Gasteiger charge is -2.36. The zero-order chi connectivity index (χ0) is 15.3. The van der Waals surface area contributed by atoms with Gasteiger partial charge in [0, 0.05) is 32.4 Å². The number of aryl methyl sites for hydroxylation is 1. The van der Waals surface area contributed by atoms with Crippen LogP contribution >= 0.6 is 0 Å². The maximum atomic E-state index is 12.8. The van der Waals surface area contributed by atoms with Gasteiger partial charge in [-0.2, -0.15) is 0 Å². The molecule has 8 heteroatoms. The van der Waals surface area contributed by atoms with Crippen LogP contribution in [0.4, 0.5) is 4.79 Å². The average Bonchev–Trinajstić information content (AvgIpc) is 3.08. The molecule has 4 rings (SSSR count). The molecule has 0 saturated carbocycles. The van der Waals surface area contributed by atoms with Crippen molar-refractivity contribution in [1.29, 1.82) is 0 Å². The largest absolute Gasteiger partial charge is 0.340 e. The van der Waals surface area contributed by atoms with E-state index in [4.69, 9.17) is 0 Å². The van der Waals surface area contributed by atoms with Crippen LogP contribution in [0.1, 0.15) is 16.2 Å². The third-order valence-electron chi connectivity index (χ3n) is 4.26. The summed E-state index contributed by atoms with van der Waals surface area (Å²) >= 11 is 0. The monoisotopic (exact) mass is 300 g/mol. The number of pyridine rings is 1. The SMILES string of the molecule is Cc1nc2nccc(C(=O)N3CCN4C(=O)NCC4C3)c2[nH]1. The van der Waals surface area contributed by atoms with Crippen molar-refractivity contribution in [1.82, 2.24) is 30.1 Å². The van der Waals surface area contributed by atoms with E-state index in [0.717, 1.165) is 5.82 Å². The molecule has 0 bridgehead atoms. The first kappa shape index (κ1) is 13.1. The highest BCUT2D eigenvalue weighted by atomic mass is 16.2. The van der Waals surface area contributed by atoms with Gasteiger partial charge >= 0.3 is 6.03 Å². The molecule has 22 heavy (non-hydrogen) atoms. The van der Waals surface area contributed by atoms with E-state index in [-0.39, 0.29) is 18.0 Å². The highest BCUT2D eigenvalue weighted by Gasteiger charge is 2.37. The lowest BCUT2D eigenvalue weighted by atomic mass is 10.1. The Morgan fingerprint density at radius 3 is 3.14 bits per heavy atom. The molecule has 0 spiro atoms. The number of piperazine rings is 1. The van der Waals surface area contributed by atoms with Gasteiger partial charge in [-0.1, -0.05) is 0 Å². The van der Waals surface area contributed by atoms with Crippen molar-refractivity contribution >= 4 is 23.1 Å². The van der Waals surface area contributed by atoms with Gasteiger partial charge < -0.3 is 20.1 Å². The van der Waals surface area contributed by atoms with Crippen LogP contribution in [0.5, 0.6) is 0 Å². The van der Waals surface area contributed by atoms with Gasteiger partial charge in [0.15, 0.2) is 5.65 Å². The number of hydrogen-bond acceptors (Lipinski definition) is 4. The lowest BCUT2D eigenvalue weighted by molar-refractivity contribution is 0.0618. The van der Waals surface area contributed by atoms with E-state index in [1.54, 1.807) is 22.1 Å². The molecule has 2 saturated heterocycles. The van der Waals surface area contributed by atoms with Gasteiger partial charge in [-0.15, -0.1) is 0 Å². The van der Waals surface area contributed by atoms with Crippen LogP contribution in [0, 0.1) is 6.92 Å². The number of urea groups is 1. The van der Waals surface area contributed by atoms with Gasteiger partial charge in [0.1, 0.15) is 5.82 Å². The molecule has 2 aromatic heterocycles. The minimum atomic E-state index is -0.0463. The number of nitrogens with one attached hydrogen (secondary N) is 2. The molecule has 2 N–H and O–H groups in total. The Morgan fingerprint density at radius 2 is 2.27 bits per heavy atom. The molecule has 0 radical (unpaired) electrons. The van der Waals surface area contributed by atoms with Crippen molar-refractivity contribution in [2.24, 2.45) is 0 Å². The second-order valence-electron chi connectivity index (χ2n) is 5.66. The van der Waals surface area contributed by atoms with Crippen LogP contribution in [-0.2, 0) is 0 Å². The first-order valence-electron chi connectivity index (χ1n) is 7.28. The van der Waals surface area contributed by atoms with Gasteiger partial charge in [0.05, 0.1) is 17.1 Å². The van der Waals surface area contributed by atoms with E-state index < -0.39 is 0 Å². The molecule has 1 unspecified atom stereocenters. The predicted octanol–water partition coefficient (Wildman–Crippen LogP) is 0.116. The van der Waals surface area contributed by atoms with Crippen molar-refractivity contribution in [3.63, 3.8) is 0 Å². The van der Waals surface area contributed by atoms with Crippen molar-refractivity contribution < 1.29 is 9.59 Å². The van der Waals surface area contributed by atoms with Gasteiger partial charge in [0.2, 0.25) is 0 Å². The number of amides is 3. The van der Waals surface area contributed by atoms with E-state index in [0.29, 0.717) is 42.9 Å². The van der Waals surface area contributed by atoms with E-state index in [9.17, 15) is 9.59 Å². The second kappa shape index (κ2) is 4.69. The predicted molar refractivity (Wildman–Crippen MR) is 78.4 cm³/mol. The van der Waals surface area contributed by atoms with Gasteiger partial charge in [-0.3, -0.25) is 4.79 Å². The molecule has 1 atom stereocenters. The van der Waals surface area contributed by atoms with Crippen molar-refractivity contribution in [3.8, 4) is 0 Å². The normalized spacial score (nSPS) is 21.1. The van der Waals surface area contributed by atoms with Crippen molar-refractivity contribution in [2.75, 3.05) is 26.2 Å². The molecule has 0 aromatic carbocycles. The topological polar surface area (TPSA) is 94.2 Å². The van der Waals surface area contributed by atoms with E-state index in [2.05, 4.69) is 20.3 Å². The smallest absolute Gasteiger partial charge is 0.317 e. The Balaban J connectivity index is 1.62. The average molecular weight is 300 g/mol. The number of aromatic nitrogens is 3. The Labute approximate surface area is 126 Å². The number of nitrogens with zero attached hydrogens (tertiary/aromatic N) is 4. The number of imidazole rings is 1. The summed E-state index contributed by atoms with van der Waals surface area (Å²) in [5.74, 6) is 0.688. The third-order valence-corrected chi connectivity index (χ3v) is 4.26. The second-order valence-corrected chi connectivity index (χ2v) is 5.66. The molecule has 0 aliphatic carbocycles. The van der Waals surface area contributed by atoms with Gasteiger partial charge in [-0.25, -0.2) is 14.8 Å². The van der Waals surface area contributed by atoms with E-state index in [1.165, 1.54) is 0 Å². The summed E-state index contributed by atoms with van der Waals surface area (Å²) in [5.41, 5.74) is 1.81. The Bertz CT molecular complexity index is 770. The quantitative estimate of drug-likeness (QED) is 0.782. The summed E-state index contributed by atoms with van der Waals surface area (Å²) in [5, 5.41) is 2.82. The summed E-state index contributed by atoms with van der Waals surface area (Å²) in [6, 6.07) is 1.74. The number of fused-ring (bicyclic) bond motifs is 2. The minimum Gasteiger partial charge on any atom is -0.340 e. The molecule has 2 aliphatic heterocycles. The van der Waals surface area contributed by atoms with E-state index in [1.807, 2.05) is 6.92 Å². The van der Waals surface area contributed by atoms with Crippen molar-refractivity contribution in [2.45, 2.75) is 13.0 Å². The molecule has 2 aliphatic rings. The number of rotatable bonds is 1. The minimum absolute atomic E-state index is 0.0346. The van der Waals surface area contributed by atoms with Crippen molar-refractivity contribution in [3.05, 3.63) is 23.7 Å². The maximum Gasteiger partial charge on any atom is 0.317 e. The van der Waals surface area contributed by atoms with Gasteiger partial charge in [0.25, 0.3) is 5.91 Å². The van der Waals surface area contributed by atoms with Crippen LogP contribution in [0.15, 0.2) is 12.3 Å². The summed E-state index contributed by atoms with van der Waals surface area (Å²) in [6.45, 7) is 4.09. The van der Waals surface area contributed by atoms with E-state index >= 15 is 0 Å². The maximum absolute atomic E-state index is 12.8. The highest BCUT2D eigenvalue weighted by molar-refractivity contribution is 6.04. The number of H-pyrrole nitrogens is 1. The fraction of sp³-hybridized carbons (Fsp3) is 0.429. The highest BCUT2D eigenvalue weighted by Crippen LogP contribution is 2.20. The fourth-order valence-corrected chi connectivity index (χ4v) is 3.16. The lowest BCUT2D eigenvalue weighted by Crippen LogP contribution is -2.53. The summed E-state index contributed by atoms with van der Waals surface area (Å²) < 4.78 is 0. The third kappa shape index (κ3) is 1.91. The van der Waals surface area contributed by atoms with Crippen LogP contribution in [-0.4, -0.2) is 68.9 Å². The van der Waals surface area contributed by atoms with Crippen LogP contribution < -0.4 is 5.32 Å². The van der Waals surface area contributed by atoms with Gasteiger partial charge in [-0.05, 0) is 13.0 Å².